The summed E-state index contributed by atoms with van der Waals surface area (Å²) in [6.45, 7) is 12.3. The molecule has 1 nitrogen and oxygen atoms in total. The van der Waals surface area contributed by atoms with Gasteiger partial charge in [0.25, 0.3) is 0 Å². The average Bonchev–Trinajstić information content (AvgIpc) is 2.12. The molecule has 0 saturated heterocycles. The molecule has 1 heteroatoms. The maximum absolute atomic E-state index is 5.58. The fourth-order valence-electron chi connectivity index (χ4n) is 0.575. The van der Waals surface area contributed by atoms with Crippen molar-refractivity contribution in [1.82, 2.24) is 0 Å². The molecular formula is C10H27N. The Kier molecular flexibility index (Phi) is 35.1. The summed E-state index contributed by atoms with van der Waals surface area (Å²) in [7, 11) is 0. The third kappa shape index (κ3) is 25.7. The van der Waals surface area contributed by atoms with Gasteiger partial charge in [0.15, 0.2) is 0 Å². The molecule has 2 N–H and O–H groups in total. The lowest BCUT2D eigenvalue weighted by atomic mass is 10.1. The second-order valence-electron chi connectivity index (χ2n) is 1.96. The van der Waals surface area contributed by atoms with Crippen LogP contribution in [-0.4, -0.2) is 6.04 Å². The molecule has 0 bridgehead atoms. The van der Waals surface area contributed by atoms with Crippen LogP contribution in [0.25, 0.3) is 0 Å². The van der Waals surface area contributed by atoms with Gasteiger partial charge in [0.1, 0.15) is 0 Å². The van der Waals surface area contributed by atoms with E-state index in [1.807, 2.05) is 27.7 Å². The van der Waals surface area contributed by atoms with Gasteiger partial charge >= 0.3 is 0 Å². The zero-order valence-corrected chi connectivity index (χ0v) is 9.28. The Morgan fingerprint density at radius 2 is 1.36 bits per heavy atom. The van der Waals surface area contributed by atoms with Crippen molar-refractivity contribution in [2.45, 2.75) is 66.8 Å². The van der Waals surface area contributed by atoms with Crippen LogP contribution in [0.3, 0.4) is 0 Å². The highest BCUT2D eigenvalue weighted by atomic mass is 14.6. The molecule has 0 aromatic heterocycles. The van der Waals surface area contributed by atoms with Gasteiger partial charge in [-0.3, -0.25) is 0 Å². The Balaban J connectivity index is -0.000000138. The lowest BCUT2D eigenvalue weighted by molar-refractivity contribution is 0.587. The van der Waals surface area contributed by atoms with Gasteiger partial charge in [-0.05, 0) is 12.8 Å². The first-order chi connectivity index (χ1) is 5.31. The molecule has 0 saturated carbocycles. The number of hydrogen-bond acceptors (Lipinski definition) is 1. The SMILES string of the molecule is CC.CC.CCCC(N)CC. The number of nitrogens with two attached hydrogens (primary N) is 1. The normalized spacial score (nSPS) is 10.1. The van der Waals surface area contributed by atoms with Crippen LogP contribution >= 0.6 is 0 Å². The summed E-state index contributed by atoms with van der Waals surface area (Å²) >= 11 is 0. The largest absolute Gasteiger partial charge is 0.328 e. The first-order valence-electron chi connectivity index (χ1n) is 5.06. The standard InChI is InChI=1S/C6H15N.2C2H6/c1-3-5-6(7)4-2;2*1-2/h6H,3-5,7H2,1-2H3;2*1-2H3. The van der Waals surface area contributed by atoms with Crippen LogP contribution in [0.1, 0.15) is 60.8 Å². The van der Waals surface area contributed by atoms with Gasteiger partial charge in [-0.2, -0.15) is 0 Å². The van der Waals surface area contributed by atoms with Crippen LogP contribution in [0.5, 0.6) is 0 Å². The zero-order chi connectivity index (χ0) is 9.70. The Hall–Kier alpha value is -0.0400. The highest BCUT2D eigenvalue weighted by molar-refractivity contribution is 4.54. The molecule has 0 aliphatic heterocycles. The smallest absolute Gasteiger partial charge is 0.00361 e. The quantitative estimate of drug-likeness (QED) is 0.672. The molecule has 0 rings (SSSR count). The van der Waals surface area contributed by atoms with Crippen LogP contribution in [0, 0.1) is 0 Å². The van der Waals surface area contributed by atoms with E-state index in [0.29, 0.717) is 6.04 Å². The topological polar surface area (TPSA) is 26.0 Å². The van der Waals surface area contributed by atoms with E-state index in [4.69, 9.17) is 5.73 Å². The van der Waals surface area contributed by atoms with E-state index >= 15 is 0 Å². The van der Waals surface area contributed by atoms with E-state index in [-0.39, 0.29) is 0 Å². The van der Waals surface area contributed by atoms with Crippen molar-refractivity contribution < 1.29 is 0 Å². The lowest BCUT2D eigenvalue weighted by Crippen LogP contribution is -2.17. The predicted molar refractivity (Wildman–Crippen MR) is 55.9 cm³/mol. The molecule has 0 spiro atoms. The molecule has 0 radical (unpaired) electrons. The molecule has 0 amide bonds. The van der Waals surface area contributed by atoms with E-state index in [0.717, 1.165) is 6.42 Å². The highest BCUT2D eigenvalue weighted by Gasteiger charge is 1.92. The fourth-order valence-corrected chi connectivity index (χ4v) is 0.575. The summed E-state index contributed by atoms with van der Waals surface area (Å²) in [6, 6.07) is 0.449. The third-order valence-corrected chi connectivity index (χ3v) is 1.18. The summed E-state index contributed by atoms with van der Waals surface area (Å²) in [5.74, 6) is 0. The van der Waals surface area contributed by atoms with Crippen LogP contribution < -0.4 is 5.73 Å². The second-order valence-corrected chi connectivity index (χ2v) is 1.96. The van der Waals surface area contributed by atoms with E-state index in [1.165, 1.54) is 12.8 Å². The van der Waals surface area contributed by atoms with E-state index < -0.39 is 0 Å². The van der Waals surface area contributed by atoms with E-state index in [2.05, 4.69) is 13.8 Å². The number of rotatable bonds is 3. The van der Waals surface area contributed by atoms with Gasteiger partial charge in [0, 0.05) is 6.04 Å². The predicted octanol–water partition coefficient (Wildman–Crippen LogP) is 3.58. The van der Waals surface area contributed by atoms with Crippen molar-refractivity contribution in [2.75, 3.05) is 0 Å². The lowest BCUT2D eigenvalue weighted by Gasteiger charge is -2.03. The van der Waals surface area contributed by atoms with Crippen LogP contribution in [0.2, 0.25) is 0 Å². The molecule has 0 aromatic rings. The van der Waals surface area contributed by atoms with Crippen molar-refractivity contribution in [1.29, 1.82) is 0 Å². The highest BCUT2D eigenvalue weighted by Crippen LogP contribution is 1.95. The molecule has 72 valence electrons. The second kappa shape index (κ2) is 22.5. The Bertz CT molecular complexity index is 35.9. The van der Waals surface area contributed by atoms with Gasteiger partial charge in [-0.1, -0.05) is 48.0 Å². The molecule has 1 unspecified atom stereocenters. The van der Waals surface area contributed by atoms with Crippen LogP contribution in [0.15, 0.2) is 0 Å². The third-order valence-electron chi connectivity index (χ3n) is 1.18. The van der Waals surface area contributed by atoms with Crippen LogP contribution in [0.4, 0.5) is 0 Å². The maximum atomic E-state index is 5.58. The Morgan fingerprint density at radius 3 is 1.45 bits per heavy atom. The zero-order valence-electron chi connectivity index (χ0n) is 9.28. The molecule has 11 heavy (non-hydrogen) atoms. The first-order valence-corrected chi connectivity index (χ1v) is 5.06. The summed E-state index contributed by atoms with van der Waals surface area (Å²) in [5, 5.41) is 0. The first kappa shape index (κ1) is 17.2. The minimum atomic E-state index is 0.449. The fraction of sp³-hybridized carbons (Fsp3) is 1.00. The van der Waals surface area contributed by atoms with Gasteiger partial charge in [0.05, 0.1) is 0 Å². The van der Waals surface area contributed by atoms with Gasteiger partial charge in [-0.25, -0.2) is 0 Å². The molecule has 0 aliphatic rings. The van der Waals surface area contributed by atoms with Gasteiger partial charge in [0.2, 0.25) is 0 Å². The Morgan fingerprint density at radius 1 is 1.00 bits per heavy atom. The van der Waals surface area contributed by atoms with Gasteiger partial charge in [-0.15, -0.1) is 0 Å². The molecule has 0 aliphatic carbocycles. The van der Waals surface area contributed by atoms with E-state index in [9.17, 15) is 0 Å². The van der Waals surface area contributed by atoms with Crippen molar-refractivity contribution >= 4 is 0 Å². The average molecular weight is 161 g/mol. The van der Waals surface area contributed by atoms with Crippen molar-refractivity contribution in [3.8, 4) is 0 Å². The van der Waals surface area contributed by atoms with E-state index in [1.54, 1.807) is 0 Å². The minimum Gasteiger partial charge on any atom is -0.328 e. The summed E-state index contributed by atoms with van der Waals surface area (Å²) in [6.07, 6.45) is 3.51. The van der Waals surface area contributed by atoms with Crippen molar-refractivity contribution in [3.05, 3.63) is 0 Å². The molecule has 0 heterocycles. The van der Waals surface area contributed by atoms with Crippen molar-refractivity contribution in [2.24, 2.45) is 5.73 Å². The van der Waals surface area contributed by atoms with Crippen molar-refractivity contribution in [3.63, 3.8) is 0 Å². The molecule has 0 aromatic carbocycles. The Labute approximate surface area is 73.4 Å². The molecule has 1 atom stereocenters. The molecule has 0 fully saturated rings. The minimum absolute atomic E-state index is 0.449. The maximum Gasteiger partial charge on any atom is 0.00361 e. The van der Waals surface area contributed by atoms with Gasteiger partial charge < -0.3 is 5.73 Å². The summed E-state index contributed by atoms with van der Waals surface area (Å²) < 4.78 is 0. The molecular weight excluding hydrogens is 134 g/mol. The summed E-state index contributed by atoms with van der Waals surface area (Å²) in [4.78, 5) is 0. The van der Waals surface area contributed by atoms with Crippen LogP contribution in [-0.2, 0) is 0 Å². The summed E-state index contributed by atoms with van der Waals surface area (Å²) in [5.41, 5.74) is 5.58. The number of hydrogen-bond donors (Lipinski definition) is 1. The monoisotopic (exact) mass is 161 g/mol.